The van der Waals surface area contributed by atoms with Crippen molar-refractivity contribution in [2.75, 3.05) is 5.32 Å². The second-order valence-electron chi connectivity index (χ2n) is 5.55. The summed E-state index contributed by atoms with van der Waals surface area (Å²) in [7, 11) is 0. The van der Waals surface area contributed by atoms with Crippen LogP contribution in [0, 0.1) is 6.92 Å². The molecule has 5 heteroatoms. The second-order valence-corrected chi connectivity index (χ2v) is 6.92. The molecule has 0 aliphatic heterocycles. The molecule has 0 radical (unpaired) electrons. The summed E-state index contributed by atoms with van der Waals surface area (Å²) in [6.45, 7) is 1.84. The summed E-state index contributed by atoms with van der Waals surface area (Å²) in [5.74, 6) is -0.233. The van der Waals surface area contributed by atoms with Gasteiger partial charge < -0.3 is 5.32 Å². The Balaban J connectivity index is 1.60. The van der Waals surface area contributed by atoms with Gasteiger partial charge in [0.25, 0.3) is 5.91 Å². The Kier molecular flexibility index (Phi) is 4.73. The van der Waals surface area contributed by atoms with Gasteiger partial charge in [0, 0.05) is 22.0 Å². The predicted octanol–water partition coefficient (Wildman–Crippen LogP) is 4.07. The molecule has 22 heavy (non-hydrogen) atoms. The van der Waals surface area contributed by atoms with Crippen molar-refractivity contribution in [2.45, 2.75) is 42.8 Å². The van der Waals surface area contributed by atoms with Crippen molar-refractivity contribution >= 4 is 23.4 Å². The maximum absolute atomic E-state index is 12.1. The van der Waals surface area contributed by atoms with Crippen LogP contribution in [-0.4, -0.2) is 21.1 Å². The van der Waals surface area contributed by atoms with Gasteiger partial charge in [0.1, 0.15) is 5.69 Å². The van der Waals surface area contributed by atoms with Gasteiger partial charge in [0.2, 0.25) is 0 Å². The Morgan fingerprint density at radius 3 is 2.50 bits per heavy atom. The third kappa shape index (κ3) is 3.85. The number of anilines is 1. The van der Waals surface area contributed by atoms with E-state index < -0.39 is 0 Å². The van der Waals surface area contributed by atoms with Gasteiger partial charge in [-0.25, -0.2) is 4.98 Å². The lowest BCUT2D eigenvalue weighted by molar-refractivity contribution is 0.102. The third-order valence-corrected chi connectivity index (χ3v) is 5.08. The summed E-state index contributed by atoms with van der Waals surface area (Å²) in [6.07, 6.45) is 8.42. The molecule has 4 nitrogen and oxygen atoms in total. The van der Waals surface area contributed by atoms with Gasteiger partial charge in [-0.05, 0) is 44.0 Å². The molecule has 1 aromatic carbocycles. The van der Waals surface area contributed by atoms with Gasteiger partial charge in [-0.15, -0.1) is 11.8 Å². The standard InChI is InChI=1S/C17H19N3OS/c1-12-10-19-16(11-18-12)17(21)20-13-6-8-15(9-7-13)22-14-4-2-3-5-14/h6-11,14H,2-5H2,1H3,(H,20,21). The molecule has 0 saturated heterocycles. The quantitative estimate of drug-likeness (QED) is 0.924. The maximum Gasteiger partial charge on any atom is 0.275 e. The highest BCUT2D eigenvalue weighted by atomic mass is 32.2. The van der Waals surface area contributed by atoms with Crippen LogP contribution >= 0.6 is 11.8 Å². The third-order valence-electron chi connectivity index (χ3n) is 3.73. The summed E-state index contributed by atoms with van der Waals surface area (Å²) in [5, 5.41) is 3.60. The molecule has 1 aliphatic rings. The summed E-state index contributed by atoms with van der Waals surface area (Å²) in [4.78, 5) is 21.5. The van der Waals surface area contributed by atoms with Crippen molar-refractivity contribution in [3.63, 3.8) is 0 Å². The van der Waals surface area contributed by atoms with Crippen molar-refractivity contribution in [3.8, 4) is 0 Å². The number of thioether (sulfide) groups is 1. The highest BCUT2D eigenvalue weighted by molar-refractivity contribution is 8.00. The van der Waals surface area contributed by atoms with E-state index in [2.05, 4.69) is 27.4 Å². The van der Waals surface area contributed by atoms with Gasteiger partial charge in [-0.1, -0.05) is 12.8 Å². The molecule has 1 heterocycles. The van der Waals surface area contributed by atoms with Crippen molar-refractivity contribution < 1.29 is 4.79 Å². The Bertz CT molecular complexity index is 634. The Morgan fingerprint density at radius 2 is 1.86 bits per heavy atom. The van der Waals surface area contributed by atoms with Gasteiger partial charge in [0.15, 0.2) is 0 Å². The number of hydrogen-bond acceptors (Lipinski definition) is 4. The molecule has 0 spiro atoms. The number of rotatable bonds is 4. The molecule has 0 bridgehead atoms. The Morgan fingerprint density at radius 1 is 1.14 bits per heavy atom. The van der Waals surface area contributed by atoms with E-state index in [0.29, 0.717) is 5.69 Å². The highest BCUT2D eigenvalue weighted by Gasteiger charge is 2.16. The summed E-state index contributed by atoms with van der Waals surface area (Å²) >= 11 is 1.94. The average Bonchev–Trinajstić information content (AvgIpc) is 3.03. The highest BCUT2D eigenvalue weighted by Crippen LogP contribution is 2.34. The average molecular weight is 313 g/mol. The van der Waals surface area contributed by atoms with Crippen molar-refractivity contribution in [3.05, 3.63) is 48.0 Å². The minimum atomic E-state index is -0.233. The van der Waals surface area contributed by atoms with Crippen LogP contribution in [0.15, 0.2) is 41.6 Å². The largest absolute Gasteiger partial charge is 0.321 e. The number of carbonyl (C=O) groups excluding carboxylic acids is 1. The lowest BCUT2D eigenvalue weighted by Gasteiger charge is -2.09. The number of hydrogen-bond donors (Lipinski definition) is 1. The van der Waals surface area contributed by atoms with Crippen molar-refractivity contribution in [2.24, 2.45) is 0 Å². The fourth-order valence-corrected chi connectivity index (χ4v) is 3.77. The van der Waals surface area contributed by atoms with Crippen molar-refractivity contribution in [1.82, 2.24) is 9.97 Å². The summed E-state index contributed by atoms with van der Waals surface area (Å²) in [6, 6.07) is 8.02. The maximum atomic E-state index is 12.1. The van der Waals surface area contributed by atoms with Gasteiger partial charge in [0.05, 0.1) is 11.9 Å². The molecule has 1 aromatic heterocycles. The number of amides is 1. The summed E-state index contributed by atoms with van der Waals surface area (Å²) in [5.41, 5.74) is 1.91. The first-order valence-electron chi connectivity index (χ1n) is 7.57. The van der Waals surface area contributed by atoms with E-state index in [1.54, 1.807) is 6.20 Å². The van der Waals surface area contributed by atoms with Crippen LogP contribution in [-0.2, 0) is 0 Å². The first-order chi connectivity index (χ1) is 10.7. The fourth-order valence-electron chi connectivity index (χ4n) is 2.52. The first kappa shape index (κ1) is 15.0. The van der Waals surface area contributed by atoms with E-state index in [0.717, 1.165) is 16.6 Å². The van der Waals surface area contributed by atoms with Gasteiger partial charge >= 0.3 is 0 Å². The van der Waals surface area contributed by atoms with Crippen LogP contribution in [0.1, 0.15) is 41.9 Å². The van der Waals surface area contributed by atoms with Crippen LogP contribution < -0.4 is 5.32 Å². The molecule has 1 saturated carbocycles. The minimum absolute atomic E-state index is 0.233. The van der Waals surface area contributed by atoms with Crippen LogP contribution in [0.5, 0.6) is 0 Å². The second kappa shape index (κ2) is 6.92. The number of aromatic nitrogens is 2. The van der Waals surface area contributed by atoms with E-state index in [9.17, 15) is 4.79 Å². The first-order valence-corrected chi connectivity index (χ1v) is 8.45. The topological polar surface area (TPSA) is 54.9 Å². The monoisotopic (exact) mass is 313 g/mol. The Labute approximate surface area is 134 Å². The number of nitrogens with zero attached hydrogens (tertiary/aromatic N) is 2. The molecular formula is C17H19N3OS. The van der Waals surface area contributed by atoms with E-state index in [1.807, 2.05) is 30.8 Å². The van der Waals surface area contributed by atoms with Gasteiger partial charge in [-0.3, -0.25) is 9.78 Å². The molecule has 1 N–H and O–H groups in total. The van der Waals surface area contributed by atoms with E-state index in [4.69, 9.17) is 0 Å². The normalized spacial score (nSPS) is 15.0. The minimum Gasteiger partial charge on any atom is -0.321 e. The fraction of sp³-hybridized carbons (Fsp3) is 0.353. The lowest BCUT2D eigenvalue weighted by Crippen LogP contribution is -2.14. The zero-order valence-electron chi connectivity index (χ0n) is 12.6. The van der Waals surface area contributed by atoms with Gasteiger partial charge in [-0.2, -0.15) is 0 Å². The summed E-state index contributed by atoms with van der Waals surface area (Å²) < 4.78 is 0. The van der Waals surface area contributed by atoms with E-state index in [1.165, 1.54) is 36.8 Å². The molecule has 0 atom stereocenters. The molecule has 1 fully saturated rings. The number of benzene rings is 1. The molecule has 0 unspecified atom stereocenters. The molecule has 3 rings (SSSR count). The zero-order chi connectivity index (χ0) is 15.4. The number of nitrogens with one attached hydrogen (secondary N) is 1. The molecule has 1 aliphatic carbocycles. The van der Waals surface area contributed by atoms with Crippen LogP contribution in [0.3, 0.4) is 0 Å². The number of aryl methyl sites for hydroxylation is 1. The zero-order valence-corrected chi connectivity index (χ0v) is 13.4. The smallest absolute Gasteiger partial charge is 0.275 e. The van der Waals surface area contributed by atoms with E-state index >= 15 is 0 Å². The molecule has 114 valence electrons. The van der Waals surface area contributed by atoms with Crippen LogP contribution in [0.25, 0.3) is 0 Å². The number of carbonyl (C=O) groups is 1. The molecule has 1 amide bonds. The van der Waals surface area contributed by atoms with Crippen LogP contribution in [0.2, 0.25) is 0 Å². The Hall–Kier alpha value is -1.88. The molecule has 2 aromatic rings. The molecular weight excluding hydrogens is 294 g/mol. The lowest BCUT2D eigenvalue weighted by atomic mass is 10.3. The van der Waals surface area contributed by atoms with Crippen LogP contribution in [0.4, 0.5) is 5.69 Å². The van der Waals surface area contributed by atoms with Crippen molar-refractivity contribution in [1.29, 1.82) is 0 Å². The SMILES string of the molecule is Cc1cnc(C(=O)Nc2ccc(SC3CCCC3)cc2)cn1. The van der Waals surface area contributed by atoms with E-state index in [-0.39, 0.29) is 5.91 Å². The predicted molar refractivity (Wildman–Crippen MR) is 89.3 cm³/mol.